The maximum atomic E-state index is 11.7. The molecule has 0 atom stereocenters. The summed E-state index contributed by atoms with van der Waals surface area (Å²) in [5, 5.41) is 11.3. The zero-order valence-corrected chi connectivity index (χ0v) is 12.0. The minimum absolute atomic E-state index is 0.0892. The van der Waals surface area contributed by atoms with E-state index in [1.165, 1.54) is 0 Å². The topological polar surface area (TPSA) is 75.6 Å². The van der Waals surface area contributed by atoms with Crippen LogP contribution in [-0.2, 0) is 22.6 Å². The molecule has 5 nitrogen and oxygen atoms in total. The molecule has 5 heteroatoms. The van der Waals surface area contributed by atoms with Crippen LogP contribution in [0.4, 0.5) is 10.5 Å². The molecule has 1 amide bonds. The van der Waals surface area contributed by atoms with E-state index in [1.807, 2.05) is 30.3 Å². The first-order chi connectivity index (χ1) is 10.6. The van der Waals surface area contributed by atoms with Crippen LogP contribution in [-0.4, -0.2) is 17.2 Å². The van der Waals surface area contributed by atoms with E-state index in [9.17, 15) is 9.59 Å². The van der Waals surface area contributed by atoms with Crippen molar-refractivity contribution < 1.29 is 19.4 Å². The fourth-order valence-corrected chi connectivity index (χ4v) is 1.88. The van der Waals surface area contributed by atoms with Crippen molar-refractivity contribution in [2.45, 2.75) is 19.4 Å². The van der Waals surface area contributed by atoms with Gasteiger partial charge in [0.2, 0.25) is 0 Å². The standard InChI is InChI=1S/C17H17NO4/c19-16(20)11-8-13-6-9-15(10-7-13)18-17(21)22-12-14-4-2-1-3-5-14/h1-7,9-10H,8,11-12H2,(H,18,21)(H,19,20). The Balaban J connectivity index is 1.80. The maximum absolute atomic E-state index is 11.7. The largest absolute Gasteiger partial charge is 0.481 e. The van der Waals surface area contributed by atoms with Crippen molar-refractivity contribution in [3.8, 4) is 0 Å². The lowest BCUT2D eigenvalue weighted by molar-refractivity contribution is -0.136. The fraction of sp³-hybridized carbons (Fsp3) is 0.176. The van der Waals surface area contributed by atoms with Crippen molar-refractivity contribution in [1.82, 2.24) is 0 Å². The number of carbonyl (C=O) groups excluding carboxylic acids is 1. The number of carboxylic acids is 1. The summed E-state index contributed by atoms with van der Waals surface area (Å²) in [7, 11) is 0. The lowest BCUT2D eigenvalue weighted by atomic mass is 10.1. The van der Waals surface area contributed by atoms with Crippen molar-refractivity contribution in [3.63, 3.8) is 0 Å². The van der Waals surface area contributed by atoms with E-state index in [0.717, 1.165) is 11.1 Å². The summed E-state index contributed by atoms with van der Waals surface area (Å²) in [6, 6.07) is 16.4. The molecule has 2 aromatic rings. The molecular formula is C17H17NO4. The van der Waals surface area contributed by atoms with Gasteiger partial charge in [-0.25, -0.2) is 4.79 Å². The van der Waals surface area contributed by atoms with Crippen molar-refractivity contribution in [2.75, 3.05) is 5.32 Å². The molecule has 0 aliphatic heterocycles. The molecule has 0 unspecified atom stereocenters. The van der Waals surface area contributed by atoms with Crippen LogP contribution in [0.25, 0.3) is 0 Å². The molecule has 0 spiro atoms. The number of hydrogen-bond donors (Lipinski definition) is 2. The third-order valence-corrected chi connectivity index (χ3v) is 3.04. The molecule has 2 N–H and O–H groups in total. The van der Waals surface area contributed by atoms with Gasteiger partial charge in [-0.1, -0.05) is 42.5 Å². The third-order valence-electron chi connectivity index (χ3n) is 3.04. The van der Waals surface area contributed by atoms with Crippen molar-refractivity contribution in [3.05, 3.63) is 65.7 Å². The molecule has 0 fully saturated rings. The Morgan fingerprint density at radius 1 is 0.955 bits per heavy atom. The quantitative estimate of drug-likeness (QED) is 0.856. The van der Waals surface area contributed by atoms with Crippen LogP contribution < -0.4 is 5.32 Å². The highest BCUT2D eigenvalue weighted by Gasteiger charge is 2.04. The van der Waals surface area contributed by atoms with Gasteiger partial charge in [-0.3, -0.25) is 10.1 Å². The van der Waals surface area contributed by atoms with E-state index in [1.54, 1.807) is 24.3 Å². The number of amides is 1. The predicted octanol–water partition coefficient (Wildman–Crippen LogP) is 3.45. The van der Waals surface area contributed by atoms with Gasteiger partial charge in [-0.15, -0.1) is 0 Å². The minimum atomic E-state index is -0.827. The van der Waals surface area contributed by atoms with Crippen LogP contribution in [0.1, 0.15) is 17.5 Å². The molecular weight excluding hydrogens is 282 g/mol. The number of aryl methyl sites for hydroxylation is 1. The van der Waals surface area contributed by atoms with Gasteiger partial charge in [0.25, 0.3) is 0 Å². The third kappa shape index (κ3) is 5.28. The smallest absolute Gasteiger partial charge is 0.411 e. The molecule has 0 aliphatic carbocycles. The Kier molecular flexibility index (Phi) is 5.54. The second kappa shape index (κ2) is 7.83. The average molecular weight is 299 g/mol. The van der Waals surface area contributed by atoms with Gasteiger partial charge in [0.1, 0.15) is 6.61 Å². The summed E-state index contributed by atoms with van der Waals surface area (Å²) in [4.78, 5) is 22.2. The fourth-order valence-electron chi connectivity index (χ4n) is 1.88. The minimum Gasteiger partial charge on any atom is -0.481 e. The van der Waals surface area contributed by atoms with Gasteiger partial charge < -0.3 is 9.84 Å². The van der Waals surface area contributed by atoms with Crippen LogP contribution in [0.3, 0.4) is 0 Å². The highest BCUT2D eigenvalue weighted by Crippen LogP contribution is 2.12. The molecule has 0 aromatic heterocycles. The number of ether oxygens (including phenoxy) is 1. The van der Waals surface area contributed by atoms with Crippen LogP contribution in [0, 0.1) is 0 Å². The van der Waals surface area contributed by atoms with E-state index in [-0.39, 0.29) is 13.0 Å². The Bertz CT molecular complexity index is 623. The SMILES string of the molecule is O=C(O)CCc1ccc(NC(=O)OCc2ccccc2)cc1. The number of nitrogens with one attached hydrogen (secondary N) is 1. The van der Waals surface area contributed by atoms with Crippen molar-refractivity contribution in [1.29, 1.82) is 0 Å². The molecule has 0 aliphatic rings. The Labute approximate surface area is 128 Å². The Morgan fingerprint density at radius 2 is 1.64 bits per heavy atom. The van der Waals surface area contributed by atoms with E-state index in [0.29, 0.717) is 12.1 Å². The second-order valence-electron chi connectivity index (χ2n) is 4.78. The first-order valence-corrected chi connectivity index (χ1v) is 6.92. The highest BCUT2D eigenvalue weighted by molar-refractivity contribution is 5.84. The van der Waals surface area contributed by atoms with Crippen molar-refractivity contribution >= 4 is 17.7 Å². The molecule has 0 heterocycles. The van der Waals surface area contributed by atoms with E-state index >= 15 is 0 Å². The summed E-state index contributed by atoms with van der Waals surface area (Å²) >= 11 is 0. The van der Waals surface area contributed by atoms with Gasteiger partial charge in [-0.2, -0.15) is 0 Å². The van der Waals surface area contributed by atoms with Gasteiger partial charge in [0, 0.05) is 12.1 Å². The summed E-state index contributed by atoms with van der Waals surface area (Å²) in [6.45, 7) is 0.212. The molecule has 2 rings (SSSR count). The van der Waals surface area contributed by atoms with Crippen LogP contribution in [0.5, 0.6) is 0 Å². The highest BCUT2D eigenvalue weighted by atomic mass is 16.5. The van der Waals surface area contributed by atoms with Gasteiger partial charge in [0.15, 0.2) is 0 Å². The molecule has 22 heavy (non-hydrogen) atoms. The number of hydrogen-bond acceptors (Lipinski definition) is 3. The number of aliphatic carboxylic acids is 1. The lowest BCUT2D eigenvalue weighted by Gasteiger charge is -2.07. The summed E-state index contributed by atoms with van der Waals surface area (Å²) < 4.78 is 5.11. The summed E-state index contributed by atoms with van der Waals surface area (Å²) in [6.07, 6.45) is 0.0297. The lowest BCUT2D eigenvalue weighted by Crippen LogP contribution is -2.13. The van der Waals surface area contributed by atoms with E-state index < -0.39 is 12.1 Å². The maximum Gasteiger partial charge on any atom is 0.411 e. The molecule has 114 valence electrons. The second-order valence-corrected chi connectivity index (χ2v) is 4.78. The number of carboxylic acid groups (broad SMARTS) is 1. The zero-order valence-electron chi connectivity index (χ0n) is 12.0. The Morgan fingerprint density at radius 3 is 2.27 bits per heavy atom. The first-order valence-electron chi connectivity index (χ1n) is 6.92. The average Bonchev–Trinajstić information content (AvgIpc) is 2.53. The van der Waals surface area contributed by atoms with Crippen molar-refractivity contribution in [2.24, 2.45) is 0 Å². The van der Waals surface area contributed by atoms with Crippen LogP contribution in [0.15, 0.2) is 54.6 Å². The summed E-state index contributed by atoms with van der Waals surface area (Å²) in [5.74, 6) is -0.827. The van der Waals surface area contributed by atoms with Crippen LogP contribution >= 0.6 is 0 Å². The molecule has 0 saturated heterocycles. The van der Waals surface area contributed by atoms with Gasteiger partial charge >= 0.3 is 12.1 Å². The normalized spacial score (nSPS) is 10.0. The number of anilines is 1. The molecule has 2 aromatic carbocycles. The predicted molar refractivity (Wildman–Crippen MR) is 82.6 cm³/mol. The molecule has 0 bridgehead atoms. The van der Waals surface area contributed by atoms with Gasteiger partial charge in [-0.05, 0) is 29.7 Å². The monoisotopic (exact) mass is 299 g/mol. The summed E-state index contributed by atoms with van der Waals surface area (Å²) in [5.41, 5.74) is 2.43. The molecule has 0 saturated carbocycles. The van der Waals surface area contributed by atoms with Gasteiger partial charge in [0.05, 0.1) is 0 Å². The number of rotatable bonds is 6. The van der Waals surface area contributed by atoms with E-state index in [2.05, 4.69) is 5.32 Å². The Hall–Kier alpha value is -2.82. The zero-order chi connectivity index (χ0) is 15.8. The van der Waals surface area contributed by atoms with Crippen LogP contribution in [0.2, 0.25) is 0 Å². The number of carbonyl (C=O) groups is 2. The molecule has 0 radical (unpaired) electrons. The number of benzene rings is 2. The first kappa shape index (κ1) is 15.6. The van der Waals surface area contributed by atoms with E-state index in [4.69, 9.17) is 9.84 Å².